The topological polar surface area (TPSA) is 102 Å². The van der Waals surface area contributed by atoms with Crippen molar-refractivity contribution in [1.29, 1.82) is 0 Å². The molecule has 0 spiro atoms. The number of phenols is 2. The number of carboxylic acids is 1. The molecule has 24 heavy (non-hydrogen) atoms. The Morgan fingerprint density at radius 3 is 1.71 bits per heavy atom. The van der Waals surface area contributed by atoms with Crippen LogP contribution in [-0.2, 0) is 4.79 Å². The molecule has 126 valence electrons. The summed E-state index contributed by atoms with van der Waals surface area (Å²) < 4.78 is 0. The molecule has 0 fully saturated rings. The lowest BCUT2D eigenvalue weighted by Gasteiger charge is -2.20. The van der Waals surface area contributed by atoms with Gasteiger partial charge in [-0.25, -0.2) is 0 Å². The first-order valence-electron chi connectivity index (χ1n) is 7.77. The summed E-state index contributed by atoms with van der Waals surface area (Å²) >= 11 is 0. The van der Waals surface area contributed by atoms with Gasteiger partial charge in [0.05, 0.1) is 11.4 Å². The predicted molar refractivity (Wildman–Crippen MR) is 92.1 cm³/mol. The van der Waals surface area contributed by atoms with Crippen molar-refractivity contribution in [3.63, 3.8) is 0 Å². The summed E-state index contributed by atoms with van der Waals surface area (Å²) in [5, 5.41) is 37.2. The Morgan fingerprint density at radius 1 is 0.917 bits per heavy atom. The Bertz CT molecular complexity index is 756. The molecule has 0 saturated carbocycles. The van der Waals surface area contributed by atoms with Gasteiger partial charge in [0.25, 0.3) is 0 Å². The fourth-order valence-corrected chi connectivity index (χ4v) is 3.14. The summed E-state index contributed by atoms with van der Waals surface area (Å²) in [5.74, 6) is -2.48. The van der Waals surface area contributed by atoms with Gasteiger partial charge < -0.3 is 26.0 Å². The smallest absolute Gasteiger partial charge is 0.315 e. The van der Waals surface area contributed by atoms with E-state index in [-0.39, 0.29) is 22.6 Å². The molecular weight excluding hydrogens is 308 g/mol. The van der Waals surface area contributed by atoms with Gasteiger partial charge in [0.15, 0.2) is 0 Å². The lowest BCUT2D eigenvalue weighted by Crippen LogP contribution is -2.14. The van der Waals surface area contributed by atoms with E-state index in [0.29, 0.717) is 24.5 Å². The number of aliphatic carboxylic acids is 1. The maximum Gasteiger partial charge on any atom is 0.315 e. The van der Waals surface area contributed by atoms with Crippen LogP contribution >= 0.6 is 0 Å². The average Bonchev–Trinajstić information content (AvgIpc) is 2.53. The van der Waals surface area contributed by atoms with E-state index in [0.717, 1.165) is 11.1 Å². The number of carbonyl (C=O) groups is 1. The molecule has 2 aromatic carbocycles. The van der Waals surface area contributed by atoms with Crippen LogP contribution in [0.4, 0.5) is 11.4 Å². The van der Waals surface area contributed by atoms with Gasteiger partial charge in [-0.1, -0.05) is 24.3 Å². The number of benzene rings is 2. The van der Waals surface area contributed by atoms with Crippen LogP contribution in [0.3, 0.4) is 0 Å². The van der Waals surface area contributed by atoms with E-state index >= 15 is 0 Å². The van der Waals surface area contributed by atoms with Gasteiger partial charge in [-0.05, 0) is 25.0 Å². The second-order valence-corrected chi connectivity index (χ2v) is 6.02. The van der Waals surface area contributed by atoms with Crippen LogP contribution in [0.15, 0.2) is 24.3 Å². The molecule has 0 amide bonds. The van der Waals surface area contributed by atoms with Crippen molar-refractivity contribution >= 4 is 17.3 Å². The molecule has 0 saturated heterocycles. The van der Waals surface area contributed by atoms with E-state index in [2.05, 4.69) is 10.6 Å². The maximum absolute atomic E-state index is 11.9. The third-order valence-corrected chi connectivity index (χ3v) is 4.43. The van der Waals surface area contributed by atoms with Gasteiger partial charge in [0, 0.05) is 24.2 Å². The highest BCUT2D eigenvalue weighted by Gasteiger charge is 2.30. The number of aryl methyl sites for hydroxylation is 2. The van der Waals surface area contributed by atoms with Crippen molar-refractivity contribution in [2.45, 2.75) is 19.8 Å². The van der Waals surface area contributed by atoms with Crippen molar-refractivity contribution in [2.24, 2.45) is 0 Å². The van der Waals surface area contributed by atoms with Crippen LogP contribution < -0.4 is 10.6 Å². The number of rotatable bonds is 1. The van der Waals surface area contributed by atoms with Gasteiger partial charge in [-0.3, -0.25) is 4.79 Å². The SMILES string of the molecule is Cc1ccc2c(O)c1NCCNc1c(C)ccc(c1O)C2C(=O)O. The molecule has 0 atom stereocenters. The van der Waals surface area contributed by atoms with Crippen molar-refractivity contribution in [1.82, 2.24) is 0 Å². The van der Waals surface area contributed by atoms with Crippen molar-refractivity contribution in [2.75, 3.05) is 23.7 Å². The van der Waals surface area contributed by atoms with E-state index < -0.39 is 11.9 Å². The molecular formula is C18H20N2O4. The molecule has 1 heterocycles. The third-order valence-electron chi connectivity index (χ3n) is 4.43. The zero-order valence-corrected chi connectivity index (χ0v) is 13.6. The van der Waals surface area contributed by atoms with Crippen LogP contribution in [0.2, 0.25) is 0 Å². The Hall–Kier alpha value is -2.89. The normalized spacial score (nSPS) is 14.2. The lowest BCUT2D eigenvalue weighted by atomic mass is 9.88. The average molecular weight is 328 g/mol. The van der Waals surface area contributed by atoms with Crippen LogP contribution in [0.1, 0.15) is 28.2 Å². The lowest BCUT2D eigenvalue weighted by molar-refractivity contribution is -0.137. The monoisotopic (exact) mass is 328 g/mol. The van der Waals surface area contributed by atoms with E-state index in [1.807, 2.05) is 13.8 Å². The minimum absolute atomic E-state index is 0.0918. The molecule has 6 heteroatoms. The van der Waals surface area contributed by atoms with Crippen LogP contribution in [0.25, 0.3) is 0 Å². The first kappa shape index (κ1) is 16.0. The van der Waals surface area contributed by atoms with E-state index in [4.69, 9.17) is 0 Å². The van der Waals surface area contributed by atoms with Crippen molar-refractivity contribution in [3.8, 4) is 11.5 Å². The number of carboxylic acid groups (broad SMARTS) is 1. The Kier molecular flexibility index (Phi) is 3.97. The Labute approximate surface area is 139 Å². The fraction of sp³-hybridized carbons (Fsp3) is 0.278. The van der Waals surface area contributed by atoms with Gasteiger partial charge in [-0.2, -0.15) is 0 Å². The second-order valence-electron chi connectivity index (χ2n) is 6.02. The number of nitrogens with one attached hydrogen (secondary N) is 2. The molecule has 4 bridgehead atoms. The van der Waals surface area contributed by atoms with Crippen LogP contribution in [-0.4, -0.2) is 34.4 Å². The van der Waals surface area contributed by atoms with Crippen LogP contribution in [0.5, 0.6) is 11.5 Å². The van der Waals surface area contributed by atoms with E-state index in [1.54, 1.807) is 24.3 Å². The summed E-state index contributed by atoms with van der Waals surface area (Å²) in [7, 11) is 0. The van der Waals surface area contributed by atoms with E-state index in [1.165, 1.54) is 0 Å². The molecule has 2 aromatic rings. The number of phenolic OH excluding ortho intramolecular Hbond substituents is 2. The second kappa shape index (κ2) is 5.96. The molecule has 1 aliphatic rings. The predicted octanol–water partition coefficient (Wildman–Crippen LogP) is 2.77. The van der Waals surface area contributed by atoms with Gasteiger partial charge in [0.1, 0.15) is 17.4 Å². The highest BCUT2D eigenvalue weighted by molar-refractivity contribution is 5.86. The zero-order valence-electron chi connectivity index (χ0n) is 13.6. The van der Waals surface area contributed by atoms with Gasteiger partial charge in [-0.15, -0.1) is 0 Å². The molecule has 1 aliphatic heterocycles. The van der Waals surface area contributed by atoms with Crippen molar-refractivity contribution < 1.29 is 20.1 Å². The number of hydrogen-bond acceptors (Lipinski definition) is 5. The molecule has 0 aromatic heterocycles. The Balaban J connectivity index is 2.31. The molecule has 0 radical (unpaired) electrons. The van der Waals surface area contributed by atoms with Crippen LogP contribution in [0, 0.1) is 13.8 Å². The first-order chi connectivity index (χ1) is 11.4. The van der Waals surface area contributed by atoms with Gasteiger partial charge in [0.2, 0.25) is 0 Å². The third kappa shape index (κ3) is 2.50. The maximum atomic E-state index is 11.9. The minimum atomic E-state index is -1.16. The summed E-state index contributed by atoms with van der Waals surface area (Å²) in [6.07, 6.45) is 0. The molecule has 3 rings (SSSR count). The molecule has 5 N–H and O–H groups in total. The number of aromatic hydroxyl groups is 2. The molecule has 0 unspecified atom stereocenters. The van der Waals surface area contributed by atoms with Gasteiger partial charge >= 0.3 is 5.97 Å². The minimum Gasteiger partial charge on any atom is -0.505 e. The fourth-order valence-electron chi connectivity index (χ4n) is 3.14. The molecule has 6 nitrogen and oxygen atoms in total. The van der Waals surface area contributed by atoms with E-state index in [9.17, 15) is 20.1 Å². The Morgan fingerprint density at radius 2 is 1.33 bits per heavy atom. The van der Waals surface area contributed by atoms with Crippen molar-refractivity contribution in [3.05, 3.63) is 46.5 Å². The summed E-state index contributed by atoms with van der Waals surface area (Å²) in [6, 6.07) is 6.73. The zero-order chi connectivity index (χ0) is 17.4. The highest BCUT2D eigenvalue weighted by atomic mass is 16.4. The first-order valence-corrected chi connectivity index (χ1v) is 7.77. The summed E-state index contributed by atoms with van der Waals surface area (Å²) in [4.78, 5) is 11.9. The standard InChI is InChI=1S/C18H20N2O4/c1-9-3-5-11-13(18(23)24)12-6-4-10(2)15(17(12)22)20-8-7-19-14(9)16(11)21/h3-6,13,19-22H,7-8H2,1-2H3,(H,23,24). The largest absolute Gasteiger partial charge is 0.505 e. The highest BCUT2D eigenvalue weighted by Crippen LogP contribution is 2.43. The summed E-state index contributed by atoms with van der Waals surface area (Å²) in [5.41, 5.74) is 3.20. The number of anilines is 2. The quantitative estimate of drug-likeness (QED) is 0.516. The number of hydrogen-bond donors (Lipinski definition) is 5. The summed E-state index contributed by atoms with van der Waals surface area (Å²) in [6.45, 7) is 4.71. The molecule has 0 aliphatic carbocycles. The number of fused-ring (bicyclic) bond motifs is 4.